The number of thiophene rings is 1. The van der Waals surface area contributed by atoms with E-state index in [0.29, 0.717) is 6.04 Å². The van der Waals surface area contributed by atoms with Gasteiger partial charge in [0, 0.05) is 22.3 Å². The Hall–Kier alpha value is -0.600. The molecule has 1 unspecified atom stereocenters. The minimum Gasteiger partial charge on any atom is -0.306 e. The van der Waals surface area contributed by atoms with Crippen LogP contribution < -0.4 is 5.32 Å². The normalized spacial score (nSPS) is 16.4. The van der Waals surface area contributed by atoms with E-state index in [1.807, 2.05) is 11.3 Å². The van der Waals surface area contributed by atoms with E-state index < -0.39 is 0 Å². The Kier molecular flexibility index (Phi) is 4.41. The number of rotatable bonds is 4. The number of hydrogen-bond donors (Lipinski definition) is 1. The Balaban J connectivity index is 1.97. The first kappa shape index (κ1) is 12.8. The van der Waals surface area contributed by atoms with Crippen LogP contribution in [0.1, 0.15) is 55.0 Å². The van der Waals surface area contributed by atoms with Crippen molar-refractivity contribution in [1.29, 1.82) is 0 Å². The van der Waals surface area contributed by atoms with Gasteiger partial charge in [-0.1, -0.05) is 11.6 Å². The molecule has 0 radical (unpaired) electrons. The fraction of sp³-hybridized carbons (Fsp3) is 0.600. The average molecular weight is 249 g/mol. The third-order valence-electron chi connectivity index (χ3n) is 3.38. The van der Waals surface area contributed by atoms with Crippen molar-refractivity contribution < 1.29 is 0 Å². The van der Waals surface area contributed by atoms with Crippen molar-refractivity contribution in [2.75, 3.05) is 6.54 Å². The van der Waals surface area contributed by atoms with E-state index >= 15 is 0 Å². The lowest BCUT2D eigenvalue weighted by molar-refractivity contribution is 0.625. The second-order valence-electron chi connectivity index (χ2n) is 5.22. The molecule has 94 valence electrons. The topological polar surface area (TPSA) is 12.0 Å². The second kappa shape index (κ2) is 5.83. The Bertz CT molecular complexity index is 376. The third-order valence-corrected chi connectivity index (χ3v) is 4.80. The van der Waals surface area contributed by atoms with Crippen LogP contribution in [0.15, 0.2) is 17.7 Å². The van der Waals surface area contributed by atoms with Gasteiger partial charge in [-0.15, -0.1) is 11.3 Å². The molecule has 1 N–H and O–H groups in total. The second-order valence-corrected chi connectivity index (χ2v) is 6.38. The molecule has 0 amide bonds. The maximum Gasteiger partial charge on any atom is 0.0388 e. The van der Waals surface area contributed by atoms with Crippen molar-refractivity contribution in [3.8, 4) is 0 Å². The van der Waals surface area contributed by atoms with Crippen LogP contribution in [-0.4, -0.2) is 6.54 Å². The summed E-state index contributed by atoms with van der Waals surface area (Å²) in [6.45, 7) is 7.55. The lowest BCUT2D eigenvalue weighted by Crippen LogP contribution is -2.17. The molecule has 0 aliphatic heterocycles. The Morgan fingerprint density at radius 1 is 1.41 bits per heavy atom. The zero-order valence-electron chi connectivity index (χ0n) is 11.2. The molecule has 0 saturated heterocycles. The highest BCUT2D eigenvalue weighted by Crippen LogP contribution is 2.32. The Morgan fingerprint density at radius 2 is 2.18 bits per heavy atom. The highest BCUT2D eigenvalue weighted by atomic mass is 32.1. The monoisotopic (exact) mass is 249 g/mol. The van der Waals surface area contributed by atoms with E-state index in [9.17, 15) is 0 Å². The van der Waals surface area contributed by atoms with Crippen LogP contribution in [-0.2, 0) is 12.8 Å². The fourth-order valence-corrected chi connectivity index (χ4v) is 3.55. The molecule has 0 bridgehead atoms. The van der Waals surface area contributed by atoms with Gasteiger partial charge in [0.15, 0.2) is 0 Å². The summed E-state index contributed by atoms with van der Waals surface area (Å²) in [6.07, 6.45) is 7.62. The van der Waals surface area contributed by atoms with Crippen molar-refractivity contribution in [3.63, 3.8) is 0 Å². The van der Waals surface area contributed by atoms with E-state index in [2.05, 4.69) is 38.2 Å². The predicted molar refractivity (Wildman–Crippen MR) is 76.8 cm³/mol. The maximum absolute atomic E-state index is 3.57. The quantitative estimate of drug-likeness (QED) is 0.787. The minimum absolute atomic E-state index is 0.487. The molecule has 0 aromatic carbocycles. The highest BCUT2D eigenvalue weighted by molar-refractivity contribution is 7.12. The van der Waals surface area contributed by atoms with Crippen molar-refractivity contribution in [2.24, 2.45) is 0 Å². The maximum atomic E-state index is 3.57. The molecule has 1 nitrogen and oxygen atoms in total. The van der Waals surface area contributed by atoms with Crippen LogP contribution in [0.2, 0.25) is 0 Å². The fourth-order valence-electron chi connectivity index (χ4n) is 2.27. The molecule has 1 aliphatic rings. The molecule has 2 rings (SSSR count). The molecule has 1 aromatic rings. The number of allylic oxidation sites excluding steroid dienone is 1. The van der Waals surface area contributed by atoms with E-state index in [1.54, 1.807) is 10.4 Å². The first-order chi connectivity index (χ1) is 8.16. The minimum atomic E-state index is 0.487. The number of fused-ring (bicyclic) bond motifs is 1. The van der Waals surface area contributed by atoms with Crippen molar-refractivity contribution in [2.45, 2.75) is 52.5 Å². The van der Waals surface area contributed by atoms with Gasteiger partial charge >= 0.3 is 0 Å². The smallest absolute Gasteiger partial charge is 0.0388 e. The number of hydrogen-bond acceptors (Lipinski definition) is 2. The molecule has 0 fully saturated rings. The van der Waals surface area contributed by atoms with E-state index in [1.165, 1.54) is 36.1 Å². The summed E-state index contributed by atoms with van der Waals surface area (Å²) >= 11 is 2.02. The standard InChI is InChI=1S/C15H23NS/c1-11(2)8-9-16-12(3)15-10-13-6-4-5-7-14(13)17-15/h8,10,12,16H,4-7,9H2,1-3H3. The summed E-state index contributed by atoms with van der Waals surface area (Å²) in [4.78, 5) is 3.15. The van der Waals surface area contributed by atoms with Crippen LogP contribution in [0.25, 0.3) is 0 Å². The van der Waals surface area contributed by atoms with Gasteiger partial charge in [0.1, 0.15) is 0 Å². The predicted octanol–water partition coefficient (Wildman–Crippen LogP) is 4.24. The van der Waals surface area contributed by atoms with E-state index in [4.69, 9.17) is 0 Å². The van der Waals surface area contributed by atoms with Crippen LogP contribution in [0.4, 0.5) is 0 Å². The van der Waals surface area contributed by atoms with Gasteiger partial charge in [-0.2, -0.15) is 0 Å². The molecule has 0 spiro atoms. The van der Waals surface area contributed by atoms with Crippen LogP contribution >= 0.6 is 11.3 Å². The number of nitrogens with one attached hydrogen (secondary N) is 1. The van der Waals surface area contributed by atoms with E-state index in [-0.39, 0.29) is 0 Å². The molecule has 1 atom stereocenters. The van der Waals surface area contributed by atoms with Gasteiger partial charge in [0.25, 0.3) is 0 Å². The summed E-state index contributed by atoms with van der Waals surface area (Å²) < 4.78 is 0. The average Bonchev–Trinajstić information content (AvgIpc) is 2.71. The van der Waals surface area contributed by atoms with Crippen molar-refractivity contribution in [3.05, 3.63) is 33.0 Å². The summed E-state index contributed by atoms with van der Waals surface area (Å²) in [6, 6.07) is 2.92. The molecule has 1 aliphatic carbocycles. The zero-order chi connectivity index (χ0) is 12.3. The summed E-state index contributed by atoms with van der Waals surface area (Å²) in [5.41, 5.74) is 3.00. The molecule has 2 heteroatoms. The van der Waals surface area contributed by atoms with Crippen LogP contribution in [0.3, 0.4) is 0 Å². The van der Waals surface area contributed by atoms with Gasteiger partial charge < -0.3 is 5.32 Å². The largest absolute Gasteiger partial charge is 0.306 e. The lowest BCUT2D eigenvalue weighted by atomic mass is 9.99. The van der Waals surface area contributed by atoms with Crippen LogP contribution in [0, 0.1) is 0 Å². The molecular weight excluding hydrogens is 226 g/mol. The Labute approximate surface area is 109 Å². The molecule has 0 saturated carbocycles. The summed E-state index contributed by atoms with van der Waals surface area (Å²) in [5.74, 6) is 0. The SMILES string of the molecule is CC(C)=CCNC(C)c1cc2c(s1)CCCC2. The van der Waals surface area contributed by atoms with Crippen molar-refractivity contribution >= 4 is 11.3 Å². The highest BCUT2D eigenvalue weighted by Gasteiger charge is 2.15. The van der Waals surface area contributed by atoms with Gasteiger partial charge in [0.2, 0.25) is 0 Å². The molecule has 1 aromatic heterocycles. The third kappa shape index (κ3) is 3.43. The first-order valence-corrected chi connectivity index (χ1v) is 7.46. The van der Waals surface area contributed by atoms with Gasteiger partial charge in [-0.25, -0.2) is 0 Å². The van der Waals surface area contributed by atoms with Gasteiger partial charge in [-0.3, -0.25) is 0 Å². The summed E-state index contributed by atoms with van der Waals surface area (Å²) in [7, 11) is 0. The van der Waals surface area contributed by atoms with E-state index in [0.717, 1.165) is 6.54 Å². The Morgan fingerprint density at radius 3 is 2.88 bits per heavy atom. The molecular formula is C15H23NS. The molecule has 17 heavy (non-hydrogen) atoms. The first-order valence-electron chi connectivity index (χ1n) is 6.65. The number of aryl methyl sites for hydroxylation is 2. The summed E-state index contributed by atoms with van der Waals surface area (Å²) in [5, 5.41) is 3.57. The zero-order valence-corrected chi connectivity index (χ0v) is 12.0. The lowest BCUT2D eigenvalue weighted by Gasteiger charge is -2.10. The van der Waals surface area contributed by atoms with Gasteiger partial charge in [-0.05, 0) is 58.1 Å². The van der Waals surface area contributed by atoms with Crippen molar-refractivity contribution in [1.82, 2.24) is 5.32 Å². The van der Waals surface area contributed by atoms with Crippen LogP contribution in [0.5, 0.6) is 0 Å². The van der Waals surface area contributed by atoms with Gasteiger partial charge in [0.05, 0.1) is 0 Å². The molecule has 1 heterocycles.